The SMILES string of the molecule is CC(C)(c1ccc(OCC(O)CCl)cc1)C1C=CC(OCC(O)Cn2cc(CF)nn2)=CC1. The Morgan fingerprint density at radius 1 is 1.18 bits per heavy atom. The molecule has 2 aromatic rings. The first-order valence-electron chi connectivity index (χ1n) is 10.9. The molecule has 7 nitrogen and oxygen atoms in total. The third-order valence-electron chi connectivity index (χ3n) is 5.77. The average Bonchev–Trinajstić information content (AvgIpc) is 3.29. The lowest BCUT2D eigenvalue weighted by molar-refractivity contribution is 0.0599. The van der Waals surface area contributed by atoms with Crippen molar-refractivity contribution < 1.29 is 24.1 Å². The van der Waals surface area contributed by atoms with Crippen LogP contribution >= 0.6 is 11.6 Å². The maximum absolute atomic E-state index is 12.5. The lowest BCUT2D eigenvalue weighted by atomic mass is 9.71. The Balaban J connectivity index is 1.49. The van der Waals surface area contributed by atoms with E-state index in [1.54, 1.807) is 0 Å². The Morgan fingerprint density at radius 2 is 1.91 bits per heavy atom. The quantitative estimate of drug-likeness (QED) is 0.452. The van der Waals surface area contributed by atoms with Gasteiger partial charge in [0.05, 0.1) is 18.6 Å². The molecule has 0 bridgehead atoms. The van der Waals surface area contributed by atoms with Crippen molar-refractivity contribution in [1.29, 1.82) is 0 Å². The fraction of sp³-hybridized carbons (Fsp3) is 0.500. The number of nitrogens with zero attached hydrogens (tertiary/aromatic N) is 3. The van der Waals surface area contributed by atoms with Crippen molar-refractivity contribution in [2.75, 3.05) is 19.1 Å². The molecule has 3 rings (SSSR count). The summed E-state index contributed by atoms with van der Waals surface area (Å²) in [6.45, 7) is 4.17. The lowest BCUT2D eigenvalue weighted by Crippen LogP contribution is -2.28. The summed E-state index contributed by atoms with van der Waals surface area (Å²) < 4.78 is 25.2. The van der Waals surface area contributed by atoms with Crippen LogP contribution in [0.5, 0.6) is 5.75 Å². The summed E-state index contributed by atoms with van der Waals surface area (Å²) >= 11 is 5.59. The molecule has 0 saturated carbocycles. The normalized spacial score (nSPS) is 18.0. The first kappa shape index (κ1) is 25.2. The maximum atomic E-state index is 12.5. The molecule has 1 aromatic heterocycles. The third kappa shape index (κ3) is 7.03. The van der Waals surface area contributed by atoms with Crippen LogP contribution in [0.1, 0.15) is 31.5 Å². The van der Waals surface area contributed by atoms with Gasteiger partial charge in [-0.25, -0.2) is 9.07 Å². The number of aliphatic hydroxyl groups is 2. The van der Waals surface area contributed by atoms with E-state index in [1.165, 1.54) is 16.4 Å². The van der Waals surface area contributed by atoms with Crippen LogP contribution in [0.15, 0.2) is 54.4 Å². The highest BCUT2D eigenvalue weighted by molar-refractivity contribution is 6.18. The highest BCUT2D eigenvalue weighted by Crippen LogP contribution is 2.38. The van der Waals surface area contributed by atoms with Crippen molar-refractivity contribution in [1.82, 2.24) is 15.0 Å². The van der Waals surface area contributed by atoms with Gasteiger partial charge in [0.2, 0.25) is 0 Å². The molecular formula is C24H31ClFN3O4. The molecule has 0 radical (unpaired) electrons. The fourth-order valence-corrected chi connectivity index (χ4v) is 3.71. The fourth-order valence-electron chi connectivity index (χ4n) is 3.62. The Kier molecular flexibility index (Phi) is 8.88. The van der Waals surface area contributed by atoms with Crippen LogP contribution in [-0.2, 0) is 23.4 Å². The molecular weight excluding hydrogens is 449 g/mol. The van der Waals surface area contributed by atoms with E-state index < -0.39 is 18.9 Å². The number of ether oxygens (including phenoxy) is 2. The van der Waals surface area contributed by atoms with Crippen LogP contribution in [0.2, 0.25) is 0 Å². The zero-order valence-electron chi connectivity index (χ0n) is 18.9. The molecule has 180 valence electrons. The second-order valence-electron chi connectivity index (χ2n) is 8.70. The Morgan fingerprint density at radius 3 is 2.52 bits per heavy atom. The molecule has 3 unspecified atom stereocenters. The van der Waals surface area contributed by atoms with E-state index in [1.807, 2.05) is 36.4 Å². The van der Waals surface area contributed by atoms with Gasteiger partial charge in [0.1, 0.15) is 49.3 Å². The molecule has 0 amide bonds. The first-order chi connectivity index (χ1) is 15.8. The summed E-state index contributed by atoms with van der Waals surface area (Å²) in [6, 6.07) is 7.89. The topological polar surface area (TPSA) is 89.6 Å². The predicted octanol–water partition coefficient (Wildman–Crippen LogP) is 3.54. The highest BCUT2D eigenvalue weighted by atomic mass is 35.5. The second kappa shape index (κ2) is 11.6. The molecule has 0 spiro atoms. The minimum absolute atomic E-state index is 0.106. The van der Waals surface area contributed by atoms with Gasteiger partial charge >= 0.3 is 0 Å². The number of hydrogen-bond acceptors (Lipinski definition) is 6. The standard InChI is InChI=1S/C24H31ClFN3O4/c1-24(2,17-3-7-22(8-4-17)32-15-20(30)11-25)18-5-9-23(10-6-18)33-16-21(31)14-29-13-19(12-26)27-28-29/h3-5,7-10,13,18,20-21,30-31H,6,11-12,14-16H2,1-2H3. The minimum atomic E-state index is -0.783. The van der Waals surface area contributed by atoms with Crippen LogP contribution in [0, 0.1) is 5.92 Å². The highest BCUT2D eigenvalue weighted by Gasteiger charge is 2.30. The minimum Gasteiger partial charge on any atom is -0.491 e. The summed E-state index contributed by atoms with van der Waals surface area (Å²) in [5.41, 5.74) is 1.30. The molecule has 1 aromatic carbocycles. The number of aromatic nitrogens is 3. The molecule has 3 atom stereocenters. The van der Waals surface area contributed by atoms with Crippen molar-refractivity contribution >= 4 is 11.6 Å². The van der Waals surface area contributed by atoms with E-state index in [2.05, 4.69) is 30.2 Å². The van der Waals surface area contributed by atoms with Crippen LogP contribution in [0.4, 0.5) is 4.39 Å². The van der Waals surface area contributed by atoms with Crippen LogP contribution in [-0.4, -0.2) is 56.5 Å². The molecule has 2 N–H and O–H groups in total. The molecule has 0 aliphatic heterocycles. The monoisotopic (exact) mass is 479 g/mol. The molecule has 0 fully saturated rings. The van der Waals surface area contributed by atoms with Crippen LogP contribution < -0.4 is 4.74 Å². The van der Waals surface area contributed by atoms with E-state index in [4.69, 9.17) is 21.1 Å². The summed E-state index contributed by atoms with van der Waals surface area (Å²) in [5.74, 6) is 1.82. The molecule has 1 aliphatic carbocycles. The molecule has 9 heteroatoms. The number of halogens is 2. The van der Waals surface area contributed by atoms with Gasteiger partial charge in [-0.1, -0.05) is 37.3 Å². The number of alkyl halides is 2. The number of allylic oxidation sites excluding steroid dienone is 3. The Hall–Kier alpha value is -2.42. The third-order valence-corrected chi connectivity index (χ3v) is 6.13. The van der Waals surface area contributed by atoms with Crippen molar-refractivity contribution in [3.63, 3.8) is 0 Å². The zero-order valence-corrected chi connectivity index (χ0v) is 19.7. The van der Waals surface area contributed by atoms with E-state index >= 15 is 0 Å². The van der Waals surface area contributed by atoms with Gasteiger partial charge in [0.25, 0.3) is 0 Å². The summed E-state index contributed by atoms with van der Waals surface area (Å²) in [7, 11) is 0. The largest absolute Gasteiger partial charge is 0.491 e. The maximum Gasteiger partial charge on any atom is 0.135 e. The van der Waals surface area contributed by atoms with Gasteiger partial charge < -0.3 is 19.7 Å². The number of rotatable bonds is 12. The van der Waals surface area contributed by atoms with E-state index in [9.17, 15) is 14.6 Å². The van der Waals surface area contributed by atoms with Gasteiger partial charge in [-0.05, 0) is 47.6 Å². The van der Waals surface area contributed by atoms with Crippen molar-refractivity contribution in [2.45, 2.75) is 51.1 Å². The summed E-state index contributed by atoms with van der Waals surface area (Å²) in [5, 5.41) is 27.1. The average molecular weight is 480 g/mol. The lowest BCUT2D eigenvalue weighted by Gasteiger charge is -2.34. The molecule has 1 heterocycles. The predicted molar refractivity (Wildman–Crippen MR) is 124 cm³/mol. The van der Waals surface area contributed by atoms with Crippen molar-refractivity contribution in [2.24, 2.45) is 5.92 Å². The van der Waals surface area contributed by atoms with Crippen LogP contribution in [0.25, 0.3) is 0 Å². The second-order valence-corrected chi connectivity index (χ2v) is 9.01. The van der Waals surface area contributed by atoms with E-state index in [0.717, 1.165) is 6.42 Å². The Bertz CT molecular complexity index is 945. The first-order valence-corrected chi connectivity index (χ1v) is 11.5. The molecule has 0 saturated heterocycles. The number of benzene rings is 1. The zero-order chi connectivity index (χ0) is 23.8. The summed E-state index contributed by atoms with van der Waals surface area (Å²) in [4.78, 5) is 0. The Labute approximate surface area is 198 Å². The van der Waals surface area contributed by atoms with Gasteiger partial charge in [-0.3, -0.25) is 0 Å². The number of hydrogen-bond donors (Lipinski definition) is 2. The van der Waals surface area contributed by atoms with E-state index in [-0.39, 0.29) is 42.7 Å². The van der Waals surface area contributed by atoms with Gasteiger partial charge in [-0.15, -0.1) is 16.7 Å². The summed E-state index contributed by atoms with van der Waals surface area (Å²) in [6.07, 6.45) is 6.90. The van der Waals surface area contributed by atoms with Crippen LogP contribution in [0.3, 0.4) is 0 Å². The van der Waals surface area contributed by atoms with Gasteiger partial charge in [0.15, 0.2) is 0 Å². The van der Waals surface area contributed by atoms with Crippen molar-refractivity contribution in [3.05, 3.63) is 65.7 Å². The smallest absolute Gasteiger partial charge is 0.135 e. The van der Waals surface area contributed by atoms with Gasteiger partial charge in [0, 0.05) is 0 Å². The van der Waals surface area contributed by atoms with Gasteiger partial charge in [-0.2, -0.15) is 0 Å². The van der Waals surface area contributed by atoms with Crippen molar-refractivity contribution in [3.8, 4) is 5.75 Å². The van der Waals surface area contributed by atoms with E-state index in [0.29, 0.717) is 11.5 Å². The molecule has 1 aliphatic rings. The number of aliphatic hydroxyl groups excluding tert-OH is 2. The molecule has 33 heavy (non-hydrogen) atoms.